The summed E-state index contributed by atoms with van der Waals surface area (Å²) in [6, 6.07) is 23.3. The van der Waals surface area contributed by atoms with Crippen LogP contribution in [-0.2, 0) is 6.54 Å². The fourth-order valence-electron chi connectivity index (χ4n) is 3.99. The van der Waals surface area contributed by atoms with Crippen molar-refractivity contribution in [3.05, 3.63) is 77.9 Å². The molecule has 29 heavy (non-hydrogen) atoms. The van der Waals surface area contributed by atoms with Crippen LogP contribution in [0.5, 0.6) is 17.2 Å². The predicted molar refractivity (Wildman–Crippen MR) is 116 cm³/mol. The van der Waals surface area contributed by atoms with Gasteiger partial charge in [0.2, 0.25) is 6.79 Å². The summed E-state index contributed by atoms with van der Waals surface area (Å²) in [6.07, 6.45) is 1.05. The van der Waals surface area contributed by atoms with Gasteiger partial charge in [-0.15, -0.1) is 11.8 Å². The van der Waals surface area contributed by atoms with Crippen LogP contribution in [-0.4, -0.2) is 20.4 Å². The summed E-state index contributed by atoms with van der Waals surface area (Å²) in [7, 11) is 1.72. The largest absolute Gasteiger partial charge is 0.497 e. The van der Waals surface area contributed by atoms with E-state index in [0.717, 1.165) is 36.8 Å². The van der Waals surface area contributed by atoms with Crippen LogP contribution in [0.3, 0.4) is 0 Å². The lowest BCUT2D eigenvalue weighted by Crippen LogP contribution is -2.24. The number of para-hydroxylation sites is 2. The molecule has 0 aliphatic carbocycles. The molecule has 0 saturated carbocycles. The number of hydrogen-bond donors (Lipinski definition) is 0. The first-order valence-corrected chi connectivity index (χ1v) is 10.7. The molecule has 1 atom stereocenters. The monoisotopic (exact) mass is 405 g/mol. The maximum absolute atomic E-state index is 5.74. The number of fused-ring (bicyclic) bond motifs is 2. The summed E-state index contributed by atoms with van der Waals surface area (Å²) in [5.41, 5.74) is 3.75. The third-order valence-electron chi connectivity index (χ3n) is 5.44. The lowest BCUT2D eigenvalue weighted by Gasteiger charge is -2.25. The van der Waals surface area contributed by atoms with E-state index in [2.05, 4.69) is 53.4 Å². The Morgan fingerprint density at radius 3 is 2.86 bits per heavy atom. The molecule has 0 amide bonds. The van der Waals surface area contributed by atoms with Crippen LogP contribution in [0.4, 0.5) is 5.69 Å². The fourth-order valence-corrected chi connectivity index (χ4v) is 5.27. The van der Waals surface area contributed by atoms with Gasteiger partial charge in [0.15, 0.2) is 11.5 Å². The van der Waals surface area contributed by atoms with E-state index < -0.39 is 0 Å². The van der Waals surface area contributed by atoms with Crippen molar-refractivity contribution in [3.8, 4) is 17.2 Å². The van der Waals surface area contributed by atoms with Crippen molar-refractivity contribution < 1.29 is 14.2 Å². The van der Waals surface area contributed by atoms with E-state index in [1.165, 1.54) is 21.7 Å². The highest BCUT2D eigenvalue weighted by Gasteiger charge is 2.25. The molecule has 5 rings (SSSR count). The van der Waals surface area contributed by atoms with E-state index in [-0.39, 0.29) is 0 Å². The number of rotatable bonds is 4. The van der Waals surface area contributed by atoms with E-state index >= 15 is 0 Å². The Morgan fingerprint density at radius 1 is 1.03 bits per heavy atom. The highest BCUT2D eigenvalue weighted by Crippen LogP contribution is 2.46. The second-order valence-electron chi connectivity index (χ2n) is 7.21. The van der Waals surface area contributed by atoms with Crippen LogP contribution < -0.4 is 19.1 Å². The Morgan fingerprint density at radius 2 is 1.93 bits per heavy atom. The zero-order valence-corrected chi connectivity index (χ0v) is 17.2. The maximum Gasteiger partial charge on any atom is 0.231 e. The second kappa shape index (κ2) is 7.91. The summed E-state index contributed by atoms with van der Waals surface area (Å²) >= 11 is 1.94. The van der Waals surface area contributed by atoms with Gasteiger partial charge < -0.3 is 19.1 Å². The normalized spacial score (nSPS) is 17.6. The average Bonchev–Trinajstić information content (AvgIpc) is 3.18. The number of anilines is 1. The standard InChI is InChI=1S/C24H23NO3S/c1-26-19-8-4-6-17(14-19)22-12-13-25(20-9-2-3-11-23(20)29-22)15-18-7-5-10-21-24(18)28-16-27-21/h2-11,14,22H,12-13,15-16H2,1H3. The molecule has 0 spiro atoms. The van der Waals surface area contributed by atoms with E-state index in [1.54, 1.807) is 7.11 Å². The van der Waals surface area contributed by atoms with E-state index in [9.17, 15) is 0 Å². The zero-order valence-electron chi connectivity index (χ0n) is 16.3. The number of hydrogen-bond acceptors (Lipinski definition) is 5. The summed E-state index contributed by atoms with van der Waals surface area (Å²) in [5, 5.41) is 0.386. The first-order chi connectivity index (χ1) is 14.3. The van der Waals surface area contributed by atoms with E-state index in [1.807, 2.05) is 30.0 Å². The molecule has 1 unspecified atom stereocenters. The van der Waals surface area contributed by atoms with Crippen molar-refractivity contribution >= 4 is 17.4 Å². The topological polar surface area (TPSA) is 30.9 Å². The van der Waals surface area contributed by atoms with Gasteiger partial charge in [-0.05, 0) is 42.3 Å². The van der Waals surface area contributed by atoms with Gasteiger partial charge in [0.05, 0.1) is 12.8 Å². The van der Waals surface area contributed by atoms with Crippen LogP contribution in [0.15, 0.2) is 71.6 Å². The van der Waals surface area contributed by atoms with Gasteiger partial charge in [-0.3, -0.25) is 0 Å². The smallest absolute Gasteiger partial charge is 0.231 e. The predicted octanol–water partition coefficient (Wildman–Crippen LogP) is 5.67. The molecule has 2 heterocycles. The molecule has 3 aromatic rings. The Balaban J connectivity index is 1.45. The molecule has 0 bridgehead atoms. The molecule has 148 valence electrons. The minimum Gasteiger partial charge on any atom is -0.497 e. The quantitative estimate of drug-likeness (QED) is 0.558. The molecule has 0 N–H and O–H groups in total. The van der Waals surface area contributed by atoms with E-state index in [0.29, 0.717) is 12.0 Å². The van der Waals surface area contributed by atoms with E-state index in [4.69, 9.17) is 14.2 Å². The van der Waals surface area contributed by atoms with Crippen molar-refractivity contribution in [2.24, 2.45) is 0 Å². The minimum atomic E-state index is 0.302. The number of nitrogens with zero attached hydrogens (tertiary/aromatic N) is 1. The van der Waals surface area contributed by atoms with Gasteiger partial charge in [0.1, 0.15) is 5.75 Å². The lowest BCUT2D eigenvalue weighted by molar-refractivity contribution is 0.173. The highest BCUT2D eigenvalue weighted by atomic mass is 32.2. The second-order valence-corrected chi connectivity index (χ2v) is 8.46. The summed E-state index contributed by atoms with van der Waals surface area (Å²) < 4.78 is 16.7. The third-order valence-corrected chi connectivity index (χ3v) is 6.83. The Hall–Kier alpha value is -2.79. The molecule has 0 fully saturated rings. The van der Waals surface area contributed by atoms with Gasteiger partial charge in [0.25, 0.3) is 0 Å². The number of ether oxygens (including phenoxy) is 3. The van der Waals surface area contributed by atoms with Crippen LogP contribution in [0.2, 0.25) is 0 Å². The van der Waals surface area contributed by atoms with Crippen LogP contribution in [0, 0.1) is 0 Å². The highest BCUT2D eigenvalue weighted by molar-refractivity contribution is 7.99. The first kappa shape index (κ1) is 18.3. The minimum absolute atomic E-state index is 0.302. The van der Waals surface area contributed by atoms with Crippen LogP contribution >= 0.6 is 11.8 Å². The van der Waals surface area contributed by atoms with Crippen molar-refractivity contribution in [3.63, 3.8) is 0 Å². The summed E-state index contributed by atoms with van der Waals surface area (Å²) in [5.74, 6) is 2.63. The van der Waals surface area contributed by atoms with Gasteiger partial charge in [-0.2, -0.15) is 0 Å². The molecule has 2 aliphatic rings. The molecule has 0 saturated heterocycles. The molecular formula is C24H23NO3S. The SMILES string of the molecule is COc1cccc(C2CCN(Cc3cccc4c3OCO4)c3ccccc3S2)c1. The summed E-state index contributed by atoms with van der Waals surface area (Å²) in [6.45, 7) is 2.07. The van der Waals surface area contributed by atoms with Crippen molar-refractivity contribution in [1.82, 2.24) is 0 Å². The Kier molecular flexibility index (Phi) is 4.98. The van der Waals surface area contributed by atoms with Gasteiger partial charge in [-0.1, -0.05) is 36.4 Å². The number of thioether (sulfide) groups is 1. The Bertz CT molecular complexity index is 1020. The number of methoxy groups -OCH3 is 1. The lowest BCUT2D eigenvalue weighted by atomic mass is 10.1. The van der Waals surface area contributed by atoms with Gasteiger partial charge in [0, 0.05) is 28.8 Å². The first-order valence-electron chi connectivity index (χ1n) is 9.84. The van der Waals surface area contributed by atoms with Gasteiger partial charge in [-0.25, -0.2) is 0 Å². The Labute approximate surface area is 175 Å². The average molecular weight is 406 g/mol. The van der Waals surface area contributed by atoms with Crippen LogP contribution in [0.25, 0.3) is 0 Å². The molecule has 3 aromatic carbocycles. The van der Waals surface area contributed by atoms with Crippen molar-refractivity contribution in [2.75, 3.05) is 25.3 Å². The van der Waals surface area contributed by atoms with Crippen LogP contribution in [0.1, 0.15) is 22.8 Å². The molecule has 4 nitrogen and oxygen atoms in total. The molecule has 5 heteroatoms. The fraction of sp³-hybridized carbons (Fsp3) is 0.250. The molecule has 0 aromatic heterocycles. The van der Waals surface area contributed by atoms with Crippen molar-refractivity contribution in [2.45, 2.75) is 23.1 Å². The number of benzene rings is 3. The molecule has 0 radical (unpaired) electrons. The molecular weight excluding hydrogens is 382 g/mol. The van der Waals surface area contributed by atoms with Gasteiger partial charge >= 0.3 is 0 Å². The third kappa shape index (κ3) is 3.62. The maximum atomic E-state index is 5.74. The molecule has 2 aliphatic heterocycles. The van der Waals surface area contributed by atoms with Crippen molar-refractivity contribution in [1.29, 1.82) is 0 Å². The summed E-state index contributed by atoms with van der Waals surface area (Å²) in [4.78, 5) is 3.77. The zero-order chi connectivity index (χ0) is 19.6.